The number of sulfonamides is 1. The predicted molar refractivity (Wildman–Crippen MR) is 91.1 cm³/mol. The molecule has 0 bridgehead atoms. The van der Waals surface area contributed by atoms with Gasteiger partial charge >= 0.3 is 0 Å². The van der Waals surface area contributed by atoms with Gasteiger partial charge in [-0.3, -0.25) is 4.72 Å². The average Bonchev–Trinajstić information content (AvgIpc) is 2.48. The van der Waals surface area contributed by atoms with Gasteiger partial charge in [0.2, 0.25) is 0 Å². The third kappa shape index (κ3) is 4.26. The smallest absolute Gasteiger partial charge is 0.263 e. The number of benzene rings is 2. The van der Waals surface area contributed by atoms with Gasteiger partial charge in [0.05, 0.1) is 22.4 Å². The fraction of sp³-hybridized carbons (Fsp3) is 0.133. The highest BCUT2D eigenvalue weighted by atomic mass is 35.5. The maximum atomic E-state index is 12.5. The van der Waals surface area contributed by atoms with E-state index in [1.54, 1.807) is 12.1 Å². The molecule has 24 heavy (non-hydrogen) atoms. The fourth-order valence-corrected chi connectivity index (χ4v) is 4.22. The number of nitrogens with one attached hydrogen (secondary N) is 1. The number of hydrogen-bond acceptors (Lipinski definition) is 5. The molecule has 2 aromatic rings. The summed E-state index contributed by atoms with van der Waals surface area (Å²) in [6.45, 7) is 0. The number of sulfone groups is 1. The second-order valence-corrected chi connectivity index (χ2v) is 9.08. The van der Waals surface area contributed by atoms with Crippen LogP contribution in [0.4, 0.5) is 5.69 Å². The van der Waals surface area contributed by atoms with Crippen LogP contribution in [0.25, 0.3) is 0 Å². The maximum absolute atomic E-state index is 12.5. The molecule has 0 saturated carbocycles. The molecular weight excluding hydrogens is 372 g/mol. The number of nitrogens with zero attached hydrogens (tertiary/aromatic N) is 1. The number of rotatable bonds is 5. The van der Waals surface area contributed by atoms with Gasteiger partial charge in [-0.15, -0.1) is 0 Å². The van der Waals surface area contributed by atoms with Crippen molar-refractivity contribution in [3.63, 3.8) is 0 Å². The van der Waals surface area contributed by atoms with Crippen LogP contribution in [-0.4, -0.2) is 23.1 Å². The van der Waals surface area contributed by atoms with Crippen LogP contribution in [0.2, 0.25) is 5.02 Å². The summed E-state index contributed by atoms with van der Waals surface area (Å²) in [5.74, 6) is 0. The van der Waals surface area contributed by atoms with E-state index < -0.39 is 19.9 Å². The lowest BCUT2D eigenvalue weighted by Crippen LogP contribution is -2.14. The Kier molecular flexibility index (Phi) is 5.18. The Hall–Kier alpha value is -2.08. The summed E-state index contributed by atoms with van der Waals surface area (Å²) in [6.07, 6.45) is 1.20. The molecule has 0 saturated heterocycles. The van der Waals surface area contributed by atoms with Gasteiger partial charge < -0.3 is 0 Å². The second-order valence-electron chi connectivity index (χ2n) is 5.00. The predicted octanol–water partition coefficient (Wildman–Crippen LogP) is 2.61. The first-order valence-electron chi connectivity index (χ1n) is 6.62. The van der Waals surface area contributed by atoms with Crippen molar-refractivity contribution in [2.24, 2.45) is 0 Å². The van der Waals surface area contributed by atoms with E-state index in [0.29, 0.717) is 0 Å². The van der Waals surface area contributed by atoms with Crippen LogP contribution in [0.5, 0.6) is 0 Å². The minimum Gasteiger partial charge on any atom is -0.280 e. The van der Waals surface area contributed by atoms with Gasteiger partial charge in [-0.25, -0.2) is 16.8 Å². The highest BCUT2D eigenvalue weighted by Crippen LogP contribution is 2.26. The zero-order valence-corrected chi connectivity index (χ0v) is 14.9. The Labute approximate surface area is 145 Å². The summed E-state index contributed by atoms with van der Waals surface area (Å²) in [4.78, 5) is -0.468. The Bertz CT molecular complexity index is 1010. The molecule has 0 radical (unpaired) electrons. The van der Waals surface area contributed by atoms with Crippen molar-refractivity contribution in [3.8, 4) is 6.07 Å². The van der Waals surface area contributed by atoms with Crippen LogP contribution in [0.1, 0.15) is 5.56 Å². The molecule has 1 N–H and O–H groups in total. The van der Waals surface area contributed by atoms with Gasteiger partial charge in [-0.2, -0.15) is 5.26 Å². The largest absolute Gasteiger partial charge is 0.280 e. The molecule has 0 heterocycles. The molecule has 2 aromatic carbocycles. The van der Waals surface area contributed by atoms with Crippen LogP contribution < -0.4 is 4.72 Å². The van der Waals surface area contributed by atoms with Gasteiger partial charge in [0.1, 0.15) is 4.90 Å². The molecule has 0 fully saturated rings. The Morgan fingerprint density at radius 2 is 1.71 bits per heavy atom. The van der Waals surface area contributed by atoms with Crippen molar-refractivity contribution in [2.45, 2.75) is 16.2 Å². The van der Waals surface area contributed by atoms with Crippen LogP contribution >= 0.6 is 11.6 Å². The summed E-state index contributed by atoms with van der Waals surface area (Å²) in [5.41, 5.74) is 1.02. The van der Waals surface area contributed by atoms with Crippen molar-refractivity contribution in [2.75, 3.05) is 11.0 Å². The van der Waals surface area contributed by atoms with Crippen molar-refractivity contribution < 1.29 is 16.8 Å². The van der Waals surface area contributed by atoms with Gasteiger partial charge in [-0.05, 0) is 35.9 Å². The van der Waals surface area contributed by atoms with Crippen LogP contribution in [-0.2, 0) is 26.3 Å². The van der Waals surface area contributed by atoms with Crippen LogP contribution in [0.3, 0.4) is 0 Å². The lowest BCUT2D eigenvalue weighted by atomic mass is 10.1. The van der Waals surface area contributed by atoms with Gasteiger partial charge in [0, 0.05) is 11.9 Å². The quantitative estimate of drug-likeness (QED) is 0.853. The standard InChI is InChI=1S/C15H13ClN2O4S2/c1-23(19,20)13-6-7-14(16)15(10-13)24(21,22)18-12-4-2-11(3-5-12)8-9-17/h2-7,10,18H,8H2,1H3. The molecule has 0 unspecified atom stereocenters. The van der Waals surface area contributed by atoms with Gasteiger partial charge in [-0.1, -0.05) is 23.7 Å². The number of halogens is 1. The topological polar surface area (TPSA) is 104 Å². The lowest BCUT2D eigenvalue weighted by Gasteiger charge is -2.11. The van der Waals surface area contributed by atoms with Crippen molar-refractivity contribution in [1.82, 2.24) is 0 Å². The highest BCUT2D eigenvalue weighted by Gasteiger charge is 2.21. The SMILES string of the molecule is CS(=O)(=O)c1ccc(Cl)c(S(=O)(=O)Nc2ccc(CC#N)cc2)c1. The zero-order valence-electron chi connectivity index (χ0n) is 12.5. The first kappa shape index (κ1) is 18.3. The molecule has 0 aromatic heterocycles. The third-order valence-corrected chi connectivity index (χ3v) is 6.08. The Morgan fingerprint density at radius 1 is 1.08 bits per heavy atom. The molecule has 2 rings (SSSR count). The Morgan fingerprint density at radius 3 is 2.25 bits per heavy atom. The molecule has 126 valence electrons. The molecule has 0 aliphatic heterocycles. The average molecular weight is 385 g/mol. The minimum atomic E-state index is -4.06. The maximum Gasteiger partial charge on any atom is 0.263 e. The normalized spacial score (nSPS) is 11.7. The van der Waals surface area contributed by atoms with Gasteiger partial charge in [0.15, 0.2) is 9.84 Å². The van der Waals surface area contributed by atoms with E-state index >= 15 is 0 Å². The molecule has 0 aliphatic carbocycles. The first-order valence-corrected chi connectivity index (χ1v) is 10.4. The number of anilines is 1. The zero-order chi connectivity index (χ0) is 18.0. The monoisotopic (exact) mass is 384 g/mol. The van der Waals surface area contributed by atoms with E-state index in [1.807, 2.05) is 6.07 Å². The van der Waals surface area contributed by atoms with Crippen molar-refractivity contribution in [3.05, 3.63) is 53.1 Å². The molecule has 0 atom stereocenters. The lowest BCUT2D eigenvalue weighted by molar-refractivity contribution is 0.600. The number of hydrogen-bond donors (Lipinski definition) is 1. The van der Waals surface area contributed by atoms with E-state index in [-0.39, 0.29) is 26.9 Å². The number of nitriles is 1. The minimum absolute atomic E-state index is 0.0870. The molecule has 9 heteroatoms. The first-order chi connectivity index (χ1) is 11.1. The summed E-state index contributed by atoms with van der Waals surface area (Å²) >= 11 is 5.91. The van der Waals surface area contributed by atoms with E-state index in [1.165, 1.54) is 24.3 Å². The van der Waals surface area contributed by atoms with Crippen LogP contribution in [0, 0.1) is 11.3 Å². The van der Waals surface area contributed by atoms with E-state index in [2.05, 4.69) is 4.72 Å². The molecule has 0 amide bonds. The van der Waals surface area contributed by atoms with Gasteiger partial charge in [0.25, 0.3) is 10.0 Å². The van der Waals surface area contributed by atoms with Crippen LogP contribution in [0.15, 0.2) is 52.3 Å². The summed E-state index contributed by atoms with van der Waals surface area (Å²) in [6, 6.07) is 11.7. The molecule has 0 spiro atoms. The summed E-state index contributed by atoms with van der Waals surface area (Å²) in [7, 11) is -7.63. The Balaban J connectivity index is 2.39. The van der Waals surface area contributed by atoms with Crippen molar-refractivity contribution >= 4 is 37.1 Å². The summed E-state index contributed by atoms with van der Waals surface area (Å²) in [5, 5.41) is 8.53. The van der Waals surface area contributed by atoms with E-state index in [4.69, 9.17) is 16.9 Å². The van der Waals surface area contributed by atoms with Crippen molar-refractivity contribution in [1.29, 1.82) is 5.26 Å². The highest BCUT2D eigenvalue weighted by molar-refractivity contribution is 7.93. The second kappa shape index (κ2) is 6.81. The molecular formula is C15H13ClN2O4S2. The van der Waals surface area contributed by atoms with E-state index in [9.17, 15) is 16.8 Å². The van der Waals surface area contributed by atoms with E-state index in [0.717, 1.165) is 17.9 Å². The molecule has 6 nitrogen and oxygen atoms in total. The fourth-order valence-electron chi connectivity index (χ4n) is 1.91. The summed E-state index contributed by atoms with van der Waals surface area (Å²) < 4.78 is 50.5. The third-order valence-electron chi connectivity index (χ3n) is 3.11. The molecule has 0 aliphatic rings.